The maximum atomic E-state index is 10.8. The molecule has 110 valence electrons. The van der Waals surface area contributed by atoms with Crippen molar-refractivity contribution in [2.75, 3.05) is 33.5 Å². The molecule has 5 nitrogen and oxygen atoms in total. The van der Waals surface area contributed by atoms with Crippen molar-refractivity contribution in [2.45, 2.75) is 6.10 Å². The lowest BCUT2D eigenvalue weighted by molar-refractivity contribution is -0.139. The van der Waals surface area contributed by atoms with Gasteiger partial charge in [-0.2, -0.15) is 0 Å². The lowest BCUT2D eigenvalue weighted by Crippen LogP contribution is -2.26. The molecule has 1 aromatic rings. The first kappa shape index (κ1) is 16.2. The van der Waals surface area contributed by atoms with Gasteiger partial charge < -0.3 is 18.9 Å². The molecule has 0 N–H and O–H groups in total. The van der Waals surface area contributed by atoms with Gasteiger partial charge in [0.1, 0.15) is 25.1 Å². The van der Waals surface area contributed by atoms with Crippen LogP contribution < -0.4 is 4.74 Å². The maximum absolute atomic E-state index is 10.8. The SMILES string of the molecule is C=CC(=O)OCCOCC(COc1ccccc1)OC. The first-order valence-electron chi connectivity index (χ1n) is 6.34. The van der Waals surface area contributed by atoms with Gasteiger partial charge in [-0.05, 0) is 12.1 Å². The molecule has 0 heterocycles. The molecule has 5 heteroatoms. The fourth-order valence-electron chi connectivity index (χ4n) is 1.36. The topological polar surface area (TPSA) is 54.0 Å². The van der Waals surface area contributed by atoms with Crippen LogP contribution in [0.3, 0.4) is 0 Å². The third-order valence-corrected chi connectivity index (χ3v) is 2.45. The summed E-state index contributed by atoms with van der Waals surface area (Å²) in [5.74, 6) is 0.332. The van der Waals surface area contributed by atoms with Crippen molar-refractivity contribution in [3.8, 4) is 5.75 Å². The average molecular weight is 280 g/mol. The van der Waals surface area contributed by atoms with Gasteiger partial charge in [0.05, 0.1) is 13.2 Å². The van der Waals surface area contributed by atoms with Gasteiger partial charge >= 0.3 is 5.97 Å². The number of carbonyl (C=O) groups is 1. The van der Waals surface area contributed by atoms with Crippen LogP contribution in [-0.4, -0.2) is 45.6 Å². The third-order valence-electron chi connectivity index (χ3n) is 2.45. The molecule has 0 aliphatic rings. The van der Waals surface area contributed by atoms with Crippen LogP contribution in [0.25, 0.3) is 0 Å². The van der Waals surface area contributed by atoms with Crippen molar-refractivity contribution >= 4 is 5.97 Å². The molecule has 1 atom stereocenters. The zero-order valence-corrected chi connectivity index (χ0v) is 11.6. The minimum absolute atomic E-state index is 0.176. The Morgan fingerprint density at radius 3 is 2.65 bits per heavy atom. The molecule has 0 saturated carbocycles. The largest absolute Gasteiger partial charge is 0.491 e. The second kappa shape index (κ2) is 10.00. The minimum Gasteiger partial charge on any atom is -0.491 e. The number of benzene rings is 1. The van der Waals surface area contributed by atoms with E-state index >= 15 is 0 Å². The highest BCUT2D eigenvalue weighted by Crippen LogP contribution is 2.09. The van der Waals surface area contributed by atoms with E-state index in [1.165, 1.54) is 0 Å². The predicted octanol–water partition coefficient (Wildman–Crippen LogP) is 1.83. The van der Waals surface area contributed by atoms with Gasteiger partial charge in [0, 0.05) is 13.2 Å². The lowest BCUT2D eigenvalue weighted by atomic mass is 10.3. The second-order valence-electron chi connectivity index (χ2n) is 3.93. The van der Waals surface area contributed by atoms with Gasteiger partial charge in [0.25, 0.3) is 0 Å². The zero-order chi connectivity index (χ0) is 14.6. The lowest BCUT2D eigenvalue weighted by Gasteiger charge is -2.16. The van der Waals surface area contributed by atoms with Crippen LogP contribution in [0.1, 0.15) is 0 Å². The second-order valence-corrected chi connectivity index (χ2v) is 3.93. The molecule has 1 unspecified atom stereocenters. The van der Waals surface area contributed by atoms with Crippen LogP contribution in [0, 0.1) is 0 Å². The Morgan fingerprint density at radius 1 is 1.25 bits per heavy atom. The Balaban J connectivity index is 2.13. The first-order valence-corrected chi connectivity index (χ1v) is 6.34. The third kappa shape index (κ3) is 6.92. The summed E-state index contributed by atoms with van der Waals surface area (Å²) in [6, 6.07) is 9.49. The van der Waals surface area contributed by atoms with Crippen molar-refractivity contribution in [1.29, 1.82) is 0 Å². The fourth-order valence-corrected chi connectivity index (χ4v) is 1.36. The van der Waals surface area contributed by atoms with E-state index in [0.29, 0.717) is 19.8 Å². The van der Waals surface area contributed by atoms with Crippen molar-refractivity contribution < 1.29 is 23.7 Å². The molecule has 0 spiro atoms. The highest BCUT2D eigenvalue weighted by molar-refractivity contribution is 5.81. The Hall–Kier alpha value is -1.85. The van der Waals surface area contributed by atoms with E-state index in [4.69, 9.17) is 18.9 Å². The van der Waals surface area contributed by atoms with Gasteiger partial charge in [0.15, 0.2) is 0 Å². The number of para-hydroxylation sites is 1. The summed E-state index contributed by atoms with van der Waals surface area (Å²) in [6.07, 6.45) is 0.941. The number of esters is 1. The standard InChI is InChI=1S/C15H20O5/c1-3-15(16)19-10-9-18-11-14(17-2)12-20-13-7-5-4-6-8-13/h3-8,14H,1,9-12H2,2H3. The molecule has 0 radical (unpaired) electrons. The smallest absolute Gasteiger partial charge is 0.330 e. The van der Waals surface area contributed by atoms with E-state index in [2.05, 4.69) is 6.58 Å². The van der Waals surface area contributed by atoms with E-state index in [1.54, 1.807) is 7.11 Å². The molecule has 0 amide bonds. The molecular formula is C15H20O5. The Morgan fingerprint density at radius 2 is 2.00 bits per heavy atom. The highest BCUT2D eigenvalue weighted by Gasteiger charge is 2.08. The van der Waals surface area contributed by atoms with Gasteiger partial charge in [-0.1, -0.05) is 24.8 Å². The number of carbonyl (C=O) groups excluding carboxylic acids is 1. The van der Waals surface area contributed by atoms with Gasteiger partial charge in [-0.25, -0.2) is 4.79 Å². The number of hydrogen-bond acceptors (Lipinski definition) is 5. The molecule has 0 aliphatic carbocycles. The molecule has 1 aromatic carbocycles. The molecule has 20 heavy (non-hydrogen) atoms. The summed E-state index contributed by atoms with van der Waals surface area (Å²) in [6.45, 7) is 4.57. The monoisotopic (exact) mass is 280 g/mol. The van der Waals surface area contributed by atoms with E-state index in [-0.39, 0.29) is 12.7 Å². The van der Waals surface area contributed by atoms with Gasteiger partial charge in [0.2, 0.25) is 0 Å². The van der Waals surface area contributed by atoms with Crippen LogP contribution in [0.4, 0.5) is 0 Å². The molecule has 0 bridgehead atoms. The van der Waals surface area contributed by atoms with Crippen LogP contribution >= 0.6 is 0 Å². The normalized spacial score (nSPS) is 11.7. The summed E-state index contributed by atoms with van der Waals surface area (Å²) < 4.78 is 21.0. The van der Waals surface area contributed by atoms with E-state index in [9.17, 15) is 4.79 Å². The van der Waals surface area contributed by atoms with Crippen LogP contribution in [-0.2, 0) is 19.0 Å². The quantitative estimate of drug-likeness (QED) is 0.372. The summed E-state index contributed by atoms with van der Waals surface area (Å²) in [4.78, 5) is 10.8. The molecule has 0 aliphatic heterocycles. The summed E-state index contributed by atoms with van der Waals surface area (Å²) >= 11 is 0. The van der Waals surface area contributed by atoms with Gasteiger partial charge in [-0.15, -0.1) is 0 Å². The Kier molecular flexibility index (Phi) is 8.10. The van der Waals surface area contributed by atoms with E-state index in [0.717, 1.165) is 11.8 Å². The predicted molar refractivity (Wildman–Crippen MR) is 74.7 cm³/mol. The molecule has 0 aromatic heterocycles. The summed E-state index contributed by atoms with van der Waals surface area (Å²) in [5.41, 5.74) is 0. The van der Waals surface area contributed by atoms with Crippen LogP contribution in [0.5, 0.6) is 5.75 Å². The summed E-state index contributed by atoms with van der Waals surface area (Å²) in [7, 11) is 1.60. The first-order chi connectivity index (χ1) is 9.76. The number of rotatable bonds is 10. The van der Waals surface area contributed by atoms with Crippen molar-refractivity contribution in [1.82, 2.24) is 0 Å². The van der Waals surface area contributed by atoms with Crippen molar-refractivity contribution in [3.63, 3.8) is 0 Å². The van der Waals surface area contributed by atoms with Gasteiger partial charge in [-0.3, -0.25) is 0 Å². The fraction of sp³-hybridized carbons (Fsp3) is 0.400. The minimum atomic E-state index is -0.454. The molecule has 1 rings (SSSR count). The average Bonchev–Trinajstić information content (AvgIpc) is 2.50. The van der Waals surface area contributed by atoms with E-state index < -0.39 is 5.97 Å². The van der Waals surface area contributed by atoms with Crippen LogP contribution in [0.15, 0.2) is 43.0 Å². The molecule has 0 saturated heterocycles. The number of hydrogen-bond donors (Lipinski definition) is 0. The highest BCUT2D eigenvalue weighted by atomic mass is 16.6. The Labute approximate surface area is 119 Å². The molecule has 0 fully saturated rings. The summed E-state index contributed by atoms with van der Waals surface area (Å²) in [5, 5.41) is 0. The maximum Gasteiger partial charge on any atom is 0.330 e. The van der Waals surface area contributed by atoms with Crippen molar-refractivity contribution in [3.05, 3.63) is 43.0 Å². The van der Waals surface area contributed by atoms with Crippen LogP contribution in [0.2, 0.25) is 0 Å². The Bertz CT molecular complexity index is 391. The molecular weight excluding hydrogens is 260 g/mol. The number of methoxy groups -OCH3 is 1. The number of ether oxygens (including phenoxy) is 4. The van der Waals surface area contributed by atoms with Crippen molar-refractivity contribution in [2.24, 2.45) is 0 Å². The zero-order valence-electron chi connectivity index (χ0n) is 11.6. The van der Waals surface area contributed by atoms with E-state index in [1.807, 2.05) is 30.3 Å².